The Bertz CT molecular complexity index is 653. The first-order chi connectivity index (χ1) is 9.56. The fourth-order valence-electron chi connectivity index (χ4n) is 1.67. The molecule has 0 saturated carbocycles. The number of carbonyl (C=O) groups is 1. The third-order valence-electron chi connectivity index (χ3n) is 2.72. The molecule has 2 aromatic carbocycles. The van der Waals surface area contributed by atoms with E-state index in [1.165, 1.54) is 18.2 Å². The lowest BCUT2D eigenvalue weighted by atomic mass is 10.1. The molecule has 0 fully saturated rings. The Balaban J connectivity index is 2.11. The number of amides is 1. The van der Waals surface area contributed by atoms with E-state index in [-0.39, 0.29) is 10.9 Å². The van der Waals surface area contributed by atoms with Gasteiger partial charge in [-0.3, -0.25) is 4.79 Å². The zero-order chi connectivity index (χ0) is 14.5. The summed E-state index contributed by atoms with van der Waals surface area (Å²) in [5.41, 5.74) is 1.95. The number of carbonyl (C=O) groups excluding carboxylic acids is 1. The lowest BCUT2D eigenvalue weighted by Crippen LogP contribution is -2.12. The van der Waals surface area contributed by atoms with E-state index in [1.807, 2.05) is 30.3 Å². The molecule has 0 aliphatic heterocycles. The Labute approximate surface area is 121 Å². The molecule has 102 valence electrons. The smallest absolute Gasteiger partial charge is 0.251 e. The summed E-state index contributed by atoms with van der Waals surface area (Å²) in [4.78, 5) is 12.0. The molecule has 0 aliphatic rings. The van der Waals surface area contributed by atoms with Gasteiger partial charge in [-0.05, 0) is 36.8 Å². The Kier molecular flexibility index (Phi) is 4.53. The number of rotatable bonds is 3. The fraction of sp³-hybridized carbons (Fsp3) is 0.0625. The van der Waals surface area contributed by atoms with Crippen molar-refractivity contribution in [2.75, 3.05) is 5.32 Å². The summed E-state index contributed by atoms with van der Waals surface area (Å²) in [6.45, 7) is 1.72. The first kappa shape index (κ1) is 14.3. The number of benzene rings is 2. The number of anilines is 1. The highest BCUT2D eigenvalue weighted by atomic mass is 35.5. The molecule has 0 aromatic heterocycles. The van der Waals surface area contributed by atoms with Gasteiger partial charge in [-0.25, -0.2) is 4.39 Å². The summed E-state index contributed by atoms with van der Waals surface area (Å²) in [5.74, 6) is -0.766. The van der Waals surface area contributed by atoms with Crippen LogP contribution in [-0.2, 0) is 4.79 Å². The monoisotopic (exact) mass is 289 g/mol. The molecule has 20 heavy (non-hydrogen) atoms. The van der Waals surface area contributed by atoms with E-state index in [1.54, 1.807) is 13.0 Å². The van der Waals surface area contributed by atoms with Gasteiger partial charge >= 0.3 is 0 Å². The van der Waals surface area contributed by atoms with Crippen molar-refractivity contribution in [1.82, 2.24) is 0 Å². The average Bonchev–Trinajstić information content (AvgIpc) is 2.44. The van der Waals surface area contributed by atoms with Crippen LogP contribution in [0.25, 0.3) is 6.08 Å². The Morgan fingerprint density at radius 2 is 1.90 bits per heavy atom. The minimum atomic E-state index is -0.513. The van der Waals surface area contributed by atoms with Gasteiger partial charge in [-0.1, -0.05) is 41.9 Å². The minimum absolute atomic E-state index is 0.0208. The quantitative estimate of drug-likeness (QED) is 0.827. The molecule has 2 rings (SSSR count). The maximum absolute atomic E-state index is 13.0. The van der Waals surface area contributed by atoms with Crippen LogP contribution in [0.1, 0.15) is 12.5 Å². The molecule has 0 atom stereocenters. The van der Waals surface area contributed by atoms with Crippen LogP contribution in [0.3, 0.4) is 0 Å². The second-order valence-electron chi connectivity index (χ2n) is 4.32. The lowest BCUT2D eigenvalue weighted by Gasteiger charge is -2.06. The molecule has 0 unspecified atom stereocenters. The zero-order valence-corrected chi connectivity index (χ0v) is 11.6. The first-order valence-corrected chi connectivity index (χ1v) is 6.44. The van der Waals surface area contributed by atoms with E-state index in [0.29, 0.717) is 11.3 Å². The third-order valence-corrected chi connectivity index (χ3v) is 3.01. The van der Waals surface area contributed by atoms with Gasteiger partial charge in [-0.15, -0.1) is 0 Å². The molecule has 0 bridgehead atoms. The van der Waals surface area contributed by atoms with Gasteiger partial charge in [0, 0.05) is 11.3 Å². The maximum atomic E-state index is 13.0. The van der Waals surface area contributed by atoms with Gasteiger partial charge in [0.2, 0.25) is 0 Å². The summed E-state index contributed by atoms with van der Waals surface area (Å²) < 4.78 is 13.0. The topological polar surface area (TPSA) is 29.1 Å². The molecule has 0 saturated heterocycles. The van der Waals surface area contributed by atoms with E-state index in [2.05, 4.69) is 5.32 Å². The summed E-state index contributed by atoms with van der Waals surface area (Å²) in [5, 5.41) is 2.65. The van der Waals surface area contributed by atoms with Gasteiger partial charge in [0.15, 0.2) is 0 Å². The van der Waals surface area contributed by atoms with E-state index in [0.717, 1.165) is 5.56 Å². The Hall–Kier alpha value is -2.13. The second-order valence-corrected chi connectivity index (χ2v) is 4.73. The van der Waals surface area contributed by atoms with E-state index >= 15 is 0 Å². The van der Waals surface area contributed by atoms with Crippen molar-refractivity contribution in [3.8, 4) is 0 Å². The van der Waals surface area contributed by atoms with Crippen molar-refractivity contribution in [2.24, 2.45) is 0 Å². The molecule has 4 heteroatoms. The SMILES string of the molecule is CC(=Cc1ccccc1)C(=O)Nc1ccc(F)c(Cl)c1. The average molecular weight is 290 g/mol. The predicted octanol–water partition coefficient (Wildman–Crippen LogP) is 4.52. The van der Waals surface area contributed by atoms with Gasteiger partial charge in [-0.2, -0.15) is 0 Å². The molecule has 0 heterocycles. The van der Waals surface area contributed by atoms with Crippen LogP contribution in [0.4, 0.5) is 10.1 Å². The van der Waals surface area contributed by atoms with Crippen LogP contribution in [-0.4, -0.2) is 5.91 Å². The van der Waals surface area contributed by atoms with Gasteiger partial charge in [0.25, 0.3) is 5.91 Å². The number of hydrogen-bond donors (Lipinski definition) is 1. The summed E-state index contributed by atoms with van der Waals surface area (Å²) in [7, 11) is 0. The largest absolute Gasteiger partial charge is 0.322 e. The molecule has 2 nitrogen and oxygen atoms in total. The Morgan fingerprint density at radius 3 is 2.55 bits per heavy atom. The lowest BCUT2D eigenvalue weighted by molar-refractivity contribution is -0.112. The zero-order valence-electron chi connectivity index (χ0n) is 10.9. The second kappa shape index (κ2) is 6.35. The first-order valence-electron chi connectivity index (χ1n) is 6.06. The molecule has 0 aliphatic carbocycles. The van der Waals surface area contributed by atoms with Crippen molar-refractivity contribution >= 4 is 29.3 Å². The molecular formula is C16H13ClFNO. The van der Waals surface area contributed by atoms with Crippen LogP contribution in [0.5, 0.6) is 0 Å². The Morgan fingerprint density at radius 1 is 1.20 bits per heavy atom. The minimum Gasteiger partial charge on any atom is -0.322 e. The number of nitrogens with one attached hydrogen (secondary N) is 1. The van der Waals surface area contributed by atoms with Crippen molar-refractivity contribution < 1.29 is 9.18 Å². The van der Waals surface area contributed by atoms with Crippen LogP contribution in [0.2, 0.25) is 5.02 Å². The van der Waals surface area contributed by atoms with Crippen LogP contribution >= 0.6 is 11.6 Å². The molecule has 1 amide bonds. The molecule has 0 radical (unpaired) electrons. The standard InChI is InChI=1S/C16H13ClFNO/c1-11(9-12-5-3-2-4-6-12)16(20)19-13-7-8-15(18)14(17)10-13/h2-10H,1H3,(H,19,20). The third kappa shape index (κ3) is 3.68. The van der Waals surface area contributed by atoms with Crippen molar-refractivity contribution in [3.63, 3.8) is 0 Å². The number of halogens is 2. The summed E-state index contributed by atoms with van der Waals surface area (Å²) >= 11 is 5.67. The van der Waals surface area contributed by atoms with Crippen molar-refractivity contribution in [1.29, 1.82) is 0 Å². The van der Waals surface area contributed by atoms with Gasteiger partial charge in [0.05, 0.1) is 5.02 Å². The maximum Gasteiger partial charge on any atom is 0.251 e. The molecule has 0 spiro atoms. The van der Waals surface area contributed by atoms with Gasteiger partial charge < -0.3 is 5.32 Å². The van der Waals surface area contributed by atoms with E-state index < -0.39 is 5.82 Å². The molecule has 2 aromatic rings. The fourth-order valence-corrected chi connectivity index (χ4v) is 1.85. The van der Waals surface area contributed by atoms with Crippen LogP contribution < -0.4 is 5.32 Å². The van der Waals surface area contributed by atoms with Gasteiger partial charge in [0.1, 0.15) is 5.82 Å². The van der Waals surface area contributed by atoms with Crippen molar-refractivity contribution in [2.45, 2.75) is 6.92 Å². The van der Waals surface area contributed by atoms with E-state index in [4.69, 9.17) is 11.6 Å². The summed E-state index contributed by atoms with van der Waals surface area (Å²) in [6, 6.07) is 13.6. The summed E-state index contributed by atoms with van der Waals surface area (Å²) in [6.07, 6.45) is 1.78. The van der Waals surface area contributed by atoms with Crippen LogP contribution in [0, 0.1) is 5.82 Å². The van der Waals surface area contributed by atoms with E-state index in [9.17, 15) is 9.18 Å². The molecular weight excluding hydrogens is 277 g/mol. The highest BCUT2D eigenvalue weighted by Crippen LogP contribution is 2.20. The van der Waals surface area contributed by atoms with Crippen LogP contribution in [0.15, 0.2) is 54.1 Å². The predicted molar refractivity (Wildman–Crippen MR) is 80.1 cm³/mol. The highest BCUT2D eigenvalue weighted by Gasteiger charge is 2.07. The molecule has 1 N–H and O–H groups in total. The van der Waals surface area contributed by atoms with Crippen molar-refractivity contribution in [3.05, 3.63) is 70.5 Å². The number of hydrogen-bond acceptors (Lipinski definition) is 1. The highest BCUT2D eigenvalue weighted by molar-refractivity contribution is 6.31. The normalized spacial score (nSPS) is 11.2.